The van der Waals surface area contributed by atoms with E-state index in [0.717, 1.165) is 0 Å². The lowest BCUT2D eigenvalue weighted by molar-refractivity contribution is 0.300. The Morgan fingerprint density at radius 2 is 2.08 bits per heavy atom. The average Bonchev–Trinajstić information content (AvgIpc) is 2.04. The van der Waals surface area contributed by atoms with Crippen LogP contribution in [0.25, 0.3) is 0 Å². The lowest BCUT2D eigenvalue weighted by atomic mass is 10.5. The zero-order valence-electron chi connectivity index (χ0n) is 7.07. The third kappa shape index (κ3) is 2.06. The number of aromatic nitrogens is 2. The van der Waals surface area contributed by atoms with Gasteiger partial charge in [-0.25, -0.2) is 0 Å². The summed E-state index contributed by atoms with van der Waals surface area (Å²) in [5.74, 6) is 6.30. The molecule has 2 N–H and O–H groups in total. The highest BCUT2D eigenvalue weighted by Gasteiger charge is 2.01. The van der Waals surface area contributed by atoms with Crippen molar-refractivity contribution in [1.82, 2.24) is 9.97 Å². The predicted molar refractivity (Wildman–Crippen MR) is 42.8 cm³/mol. The maximum Gasteiger partial charge on any atom is 0.244 e. The van der Waals surface area contributed by atoms with Crippen molar-refractivity contribution in [3.8, 4) is 11.8 Å². The van der Waals surface area contributed by atoms with Gasteiger partial charge in [0.2, 0.25) is 11.8 Å². The zero-order valence-corrected chi connectivity index (χ0v) is 7.07. The Balaban J connectivity index is 2.90. The van der Waals surface area contributed by atoms with Crippen LogP contribution in [0.1, 0.15) is 12.7 Å². The van der Waals surface area contributed by atoms with Gasteiger partial charge in [-0.2, -0.15) is 15.9 Å². The van der Waals surface area contributed by atoms with E-state index in [2.05, 4.69) is 14.8 Å². The quantitative estimate of drug-likeness (QED) is 0.664. The summed E-state index contributed by atoms with van der Waals surface area (Å²) >= 11 is 0. The van der Waals surface area contributed by atoms with Crippen molar-refractivity contribution in [3.05, 3.63) is 11.9 Å². The summed E-state index contributed by atoms with van der Waals surface area (Å²) in [6, 6.07) is 1.54. The van der Waals surface area contributed by atoms with Crippen molar-refractivity contribution in [1.29, 1.82) is 0 Å². The first-order chi connectivity index (χ1) is 5.76. The van der Waals surface area contributed by atoms with E-state index in [1.54, 1.807) is 6.92 Å². The highest BCUT2D eigenvalue weighted by Crippen LogP contribution is 2.13. The molecule has 0 amide bonds. The Morgan fingerprint density at radius 3 is 2.67 bits per heavy atom. The number of aryl methyl sites for hydroxylation is 1. The smallest absolute Gasteiger partial charge is 0.244 e. The first kappa shape index (κ1) is 8.73. The highest BCUT2D eigenvalue weighted by atomic mass is 16.6. The van der Waals surface area contributed by atoms with Gasteiger partial charge in [0.25, 0.3) is 0 Å². The molecule has 0 aromatic carbocycles. The van der Waals surface area contributed by atoms with Crippen molar-refractivity contribution in [2.24, 2.45) is 5.90 Å². The summed E-state index contributed by atoms with van der Waals surface area (Å²) in [6.45, 7) is 4.17. The number of nitrogens with zero attached hydrogens (tertiary/aromatic N) is 2. The van der Waals surface area contributed by atoms with Crippen molar-refractivity contribution >= 4 is 0 Å². The van der Waals surface area contributed by atoms with Gasteiger partial charge >= 0.3 is 0 Å². The maximum atomic E-state index is 5.14. The minimum Gasteiger partial charge on any atom is -0.478 e. The lowest BCUT2D eigenvalue weighted by Crippen LogP contribution is -2.06. The third-order valence-corrected chi connectivity index (χ3v) is 1.20. The summed E-state index contributed by atoms with van der Waals surface area (Å²) in [6.07, 6.45) is 0. The van der Waals surface area contributed by atoms with E-state index in [-0.39, 0.29) is 0 Å². The topological polar surface area (TPSA) is 70.3 Å². The molecule has 0 atom stereocenters. The summed E-state index contributed by atoms with van der Waals surface area (Å²) < 4.78 is 5.14. The molecule has 66 valence electrons. The zero-order chi connectivity index (χ0) is 8.97. The molecule has 0 aliphatic rings. The number of nitrogens with two attached hydrogens (primary N) is 1. The van der Waals surface area contributed by atoms with Crippen LogP contribution in [0.15, 0.2) is 6.07 Å². The van der Waals surface area contributed by atoms with Crippen LogP contribution >= 0.6 is 0 Å². The third-order valence-electron chi connectivity index (χ3n) is 1.20. The maximum absolute atomic E-state index is 5.14. The molecule has 1 rings (SSSR count). The molecule has 12 heavy (non-hydrogen) atoms. The Kier molecular flexibility index (Phi) is 2.82. The molecule has 1 heterocycles. The molecule has 0 fully saturated rings. The molecule has 0 saturated carbocycles. The fraction of sp³-hybridized carbons (Fsp3) is 0.429. The van der Waals surface area contributed by atoms with Gasteiger partial charge in [-0.1, -0.05) is 0 Å². The van der Waals surface area contributed by atoms with Gasteiger partial charge < -0.3 is 9.57 Å². The predicted octanol–water partition coefficient (Wildman–Crippen LogP) is 0.436. The molecule has 0 aliphatic heterocycles. The Bertz CT molecular complexity index is 265. The van der Waals surface area contributed by atoms with Crippen LogP contribution in [0, 0.1) is 6.92 Å². The molecule has 0 saturated heterocycles. The number of hydrogen-bond acceptors (Lipinski definition) is 5. The molecule has 1 aromatic heterocycles. The molecular weight excluding hydrogens is 158 g/mol. The molecule has 5 nitrogen and oxygen atoms in total. The van der Waals surface area contributed by atoms with E-state index >= 15 is 0 Å². The Labute approximate surface area is 70.5 Å². The molecule has 0 radical (unpaired) electrons. The van der Waals surface area contributed by atoms with Crippen LogP contribution in [0.3, 0.4) is 0 Å². The standard InChI is InChI=1S/C7H11N3O2/c1-3-11-6-4-7(12-8)10-5(2)9-6/h4H,3,8H2,1-2H3. The molecular formula is C7H11N3O2. The first-order valence-electron chi connectivity index (χ1n) is 3.61. The van der Waals surface area contributed by atoms with Crippen molar-refractivity contribution in [3.63, 3.8) is 0 Å². The van der Waals surface area contributed by atoms with Gasteiger partial charge in [0.1, 0.15) is 5.82 Å². The van der Waals surface area contributed by atoms with E-state index in [4.69, 9.17) is 10.6 Å². The van der Waals surface area contributed by atoms with Gasteiger partial charge in [0.15, 0.2) is 0 Å². The normalized spacial score (nSPS) is 9.58. The lowest BCUT2D eigenvalue weighted by Gasteiger charge is -2.03. The van der Waals surface area contributed by atoms with Crippen molar-refractivity contribution < 1.29 is 9.57 Å². The fourth-order valence-corrected chi connectivity index (χ4v) is 0.796. The van der Waals surface area contributed by atoms with Gasteiger partial charge in [-0.15, -0.1) is 0 Å². The number of rotatable bonds is 3. The molecule has 0 aliphatic carbocycles. The van der Waals surface area contributed by atoms with Crippen molar-refractivity contribution in [2.75, 3.05) is 6.61 Å². The monoisotopic (exact) mass is 169 g/mol. The van der Waals surface area contributed by atoms with Crippen LogP contribution < -0.4 is 15.5 Å². The van der Waals surface area contributed by atoms with E-state index in [0.29, 0.717) is 24.2 Å². The Hall–Kier alpha value is -1.36. The summed E-state index contributed by atoms with van der Waals surface area (Å²) in [5, 5.41) is 0. The van der Waals surface area contributed by atoms with E-state index in [1.165, 1.54) is 6.07 Å². The van der Waals surface area contributed by atoms with Crippen LogP contribution in [-0.2, 0) is 0 Å². The minimum absolute atomic E-state index is 0.311. The summed E-state index contributed by atoms with van der Waals surface area (Å²) in [5.41, 5.74) is 0. The van der Waals surface area contributed by atoms with Crippen LogP contribution in [-0.4, -0.2) is 16.6 Å². The van der Waals surface area contributed by atoms with Gasteiger partial charge in [0.05, 0.1) is 12.7 Å². The van der Waals surface area contributed by atoms with Gasteiger partial charge in [-0.05, 0) is 13.8 Å². The van der Waals surface area contributed by atoms with Crippen LogP contribution in [0.4, 0.5) is 0 Å². The summed E-state index contributed by atoms with van der Waals surface area (Å²) in [4.78, 5) is 12.3. The number of ether oxygens (including phenoxy) is 1. The molecule has 0 spiro atoms. The van der Waals surface area contributed by atoms with E-state index in [1.807, 2.05) is 6.92 Å². The Morgan fingerprint density at radius 1 is 1.42 bits per heavy atom. The molecule has 5 heteroatoms. The van der Waals surface area contributed by atoms with Gasteiger partial charge in [-0.3, -0.25) is 0 Å². The van der Waals surface area contributed by atoms with Crippen molar-refractivity contribution in [2.45, 2.75) is 13.8 Å². The highest BCUT2D eigenvalue weighted by molar-refractivity contribution is 5.20. The van der Waals surface area contributed by atoms with Crippen LogP contribution in [0.5, 0.6) is 11.8 Å². The first-order valence-corrected chi connectivity index (χ1v) is 3.61. The van der Waals surface area contributed by atoms with E-state index < -0.39 is 0 Å². The van der Waals surface area contributed by atoms with Crippen LogP contribution in [0.2, 0.25) is 0 Å². The summed E-state index contributed by atoms with van der Waals surface area (Å²) in [7, 11) is 0. The average molecular weight is 169 g/mol. The van der Waals surface area contributed by atoms with E-state index in [9.17, 15) is 0 Å². The second-order valence-electron chi connectivity index (χ2n) is 2.14. The second kappa shape index (κ2) is 3.87. The second-order valence-corrected chi connectivity index (χ2v) is 2.14. The fourth-order valence-electron chi connectivity index (χ4n) is 0.796. The minimum atomic E-state index is 0.311. The SMILES string of the molecule is CCOc1cc(ON)nc(C)n1. The molecule has 1 aromatic rings. The van der Waals surface area contributed by atoms with Gasteiger partial charge in [0, 0.05) is 0 Å². The molecule has 0 bridgehead atoms. The largest absolute Gasteiger partial charge is 0.478 e. The molecule has 0 unspecified atom stereocenters. The number of hydrogen-bond donors (Lipinski definition) is 1.